The molecule has 2 aromatic rings. The summed E-state index contributed by atoms with van der Waals surface area (Å²) >= 11 is 0. The maximum atomic E-state index is 13.5. The molecule has 2 N–H and O–H groups in total. The quantitative estimate of drug-likeness (QED) is 0.910. The summed E-state index contributed by atoms with van der Waals surface area (Å²) in [4.78, 5) is 16.2. The number of nitrogens with one attached hydrogen (secondary N) is 2. The van der Waals surface area contributed by atoms with Gasteiger partial charge in [-0.25, -0.2) is 4.39 Å². The van der Waals surface area contributed by atoms with Crippen LogP contribution in [-0.2, 0) is 6.54 Å². The van der Waals surface area contributed by atoms with Gasteiger partial charge in [-0.15, -0.1) is 0 Å². The largest absolute Gasteiger partial charge is 0.380 e. The number of amides is 1. The highest BCUT2D eigenvalue weighted by Crippen LogP contribution is 2.15. The molecule has 0 aliphatic carbocycles. The lowest BCUT2D eigenvalue weighted by molar-refractivity contribution is 0.0945. The predicted molar refractivity (Wildman–Crippen MR) is 85.2 cm³/mol. The van der Waals surface area contributed by atoms with Crippen molar-refractivity contribution < 1.29 is 9.18 Å². The maximum Gasteiger partial charge on any atom is 0.270 e. The monoisotopic (exact) mass is 301 g/mol. The van der Waals surface area contributed by atoms with Crippen molar-refractivity contribution in [1.82, 2.24) is 10.3 Å². The molecule has 1 aromatic heterocycles. The first-order valence-electron chi connectivity index (χ1n) is 7.11. The zero-order valence-corrected chi connectivity index (χ0v) is 13.0. The third-order valence-corrected chi connectivity index (χ3v) is 2.91. The van der Waals surface area contributed by atoms with Gasteiger partial charge in [-0.3, -0.25) is 9.78 Å². The Labute approximate surface area is 129 Å². The third kappa shape index (κ3) is 4.55. The molecule has 0 fully saturated rings. The van der Waals surface area contributed by atoms with Crippen molar-refractivity contribution in [1.29, 1.82) is 0 Å². The zero-order valence-electron chi connectivity index (χ0n) is 13.0. The molecule has 1 amide bonds. The molecule has 1 aromatic carbocycles. The minimum atomic E-state index is -0.334. The van der Waals surface area contributed by atoms with E-state index in [0.29, 0.717) is 11.3 Å². The Morgan fingerprint density at radius 1 is 1.23 bits per heavy atom. The fourth-order valence-electron chi connectivity index (χ4n) is 1.97. The number of rotatable bonds is 4. The van der Waals surface area contributed by atoms with Crippen molar-refractivity contribution in [3.05, 3.63) is 59.7 Å². The van der Waals surface area contributed by atoms with Crippen molar-refractivity contribution in [2.45, 2.75) is 32.9 Å². The number of aromatic nitrogens is 1. The summed E-state index contributed by atoms with van der Waals surface area (Å²) in [6.45, 7) is 6.23. The Hall–Kier alpha value is -2.43. The number of benzene rings is 1. The van der Waals surface area contributed by atoms with Gasteiger partial charge in [0.25, 0.3) is 5.91 Å². The van der Waals surface area contributed by atoms with Crippen LogP contribution >= 0.6 is 0 Å². The Morgan fingerprint density at radius 2 is 1.95 bits per heavy atom. The highest BCUT2D eigenvalue weighted by atomic mass is 19.1. The number of carbonyl (C=O) groups is 1. The van der Waals surface area contributed by atoms with Crippen LogP contribution in [0.5, 0.6) is 0 Å². The molecular weight excluding hydrogens is 281 g/mol. The van der Waals surface area contributed by atoms with E-state index >= 15 is 0 Å². The van der Waals surface area contributed by atoms with Crippen LogP contribution in [0.4, 0.5) is 10.1 Å². The molecule has 4 nitrogen and oxygen atoms in total. The van der Waals surface area contributed by atoms with Crippen LogP contribution in [0.25, 0.3) is 0 Å². The van der Waals surface area contributed by atoms with Crippen molar-refractivity contribution in [3.63, 3.8) is 0 Å². The SMILES string of the molecule is CC(C)(C)Nc1ccnc(C(=O)NCc2ccccc2F)c1. The van der Waals surface area contributed by atoms with Crippen molar-refractivity contribution in [3.8, 4) is 0 Å². The molecule has 2 rings (SSSR count). The molecule has 0 atom stereocenters. The molecule has 0 spiro atoms. The average molecular weight is 301 g/mol. The number of nitrogens with zero attached hydrogens (tertiary/aromatic N) is 1. The van der Waals surface area contributed by atoms with Crippen LogP contribution in [-0.4, -0.2) is 16.4 Å². The summed E-state index contributed by atoms with van der Waals surface area (Å²) < 4.78 is 13.5. The molecule has 0 saturated heterocycles. The van der Waals surface area contributed by atoms with E-state index < -0.39 is 0 Å². The average Bonchev–Trinajstić information content (AvgIpc) is 2.44. The summed E-state index contributed by atoms with van der Waals surface area (Å²) in [5.74, 6) is -0.667. The summed E-state index contributed by atoms with van der Waals surface area (Å²) in [7, 11) is 0. The van der Waals surface area contributed by atoms with Gasteiger partial charge in [0.15, 0.2) is 0 Å². The number of anilines is 1. The van der Waals surface area contributed by atoms with E-state index in [1.54, 1.807) is 36.5 Å². The number of carbonyl (C=O) groups excluding carboxylic acids is 1. The molecule has 0 aliphatic rings. The molecule has 0 radical (unpaired) electrons. The molecule has 5 heteroatoms. The van der Waals surface area contributed by atoms with E-state index in [9.17, 15) is 9.18 Å². The molecule has 116 valence electrons. The number of pyridine rings is 1. The van der Waals surface area contributed by atoms with Crippen molar-refractivity contribution in [2.75, 3.05) is 5.32 Å². The third-order valence-electron chi connectivity index (χ3n) is 2.91. The van der Waals surface area contributed by atoms with Crippen LogP contribution in [0.3, 0.4) is 0 Å². The maximum absolute atomic E-state index is 13.5. The van der Waals surface area contributed by atoms with Gasteiger partial charge in [-0.1, -0.05) is 18.2 Å². The first-order chi connectivity index (χ1) is 10.3. The molecule has 0 saturated carbocycles. The van der Waals surface area contributed by atoms with E-state index in [2.05, 4.69) is 15.6 Å². The Morgan fingerprint density at radius 3 is 2.64 bits per heavy atom. The standard InChI is InChI=1S/C17H20FN3O/c1-17(2,3)21-13-8-9-19-15(10-13)16(22)20-11-12-6-4-5-7-14(12)18/h4-10H,11H2,1-3H3,(H,19,21)(H,20,22). The van der Waals surface area contributed by atoms with E-state index in [1.807, 2.05) is 20.8 Å². The molecule has 1 heterocycles. The second kappa shape index (κ2) is 6.56. The summed E-state index contributed by atoms with van der Waals surface area (Å²) in [5.41, 5.74) is 1.45. The van der Waals surface area contributed by atoms with Gasteiger partial charge in [0.2, 0.25) is 0 Å². The van der Waals surface area contributed by atoms with Crippen molar-refractivity contribution in [2.24, 2.45) is 0 Å². The number of halogens is 1. The lowest BCUT2D eigenvalue weighted by Gasteiger charge is -2.22. The Balaban J connectivity index is 2.04. The first-order valence-corrected chi connectivity index (χ1v) is 7.11. The topological polar surface area (TPSA) is 54.0 Å². The highest BCUT2D eigenvalue weighted by molar-refractivity contribution is 5.93. The van der Waals surface area contributed by atoms with E-state index in [1.165, 1.54) is 6.07 Å². The van der Waals surface area contributed by atoms with E-state index in [-0.39, 0.29) is 23.8 Å². The summed E-state index contributed by atoms with van der Waals surface area (Å²) in [6.07, 6.45) is 1.58. The Kier molecular flexibility index (Phi) is 4.75. The molecule has 0 bridgehead atoms. The minimum Gasteiger partial charge on any atom is -0.380 e. The minimum absolute atomic E-state index is 0.109. The highest BCUT2D eigenvalue weighted by Gasteiger charge is 2.12. The van der Waals surface area contributed by atoms with Gasteiger partial charge in [0, 0.05) is 29.5 Å². The predicted octanol–water partition coefficient (Wildman–Crippen LogP) is 3.36. The lowest BCUT2D eigenvalue weighted by Crippen LogP contribution is -2.27. The fraction of sp³-hybridized carbons (Fsp3) is 0.294. The second-order valence-corrected chi connectivity index (χ2v) is 6.08. The summed E-state index contributed by atoms with van der Waals surface area (Å²) in [5, 5.41) is 5.96. The van der Waals surface area contributed by atoms with E-state index in [0.717, 1.165) is 5.69 Å². The molecule has 0 unspecified atom stereocenters. The molecular formula is C17H20FN3O. The van der Waals surface area contributed by atoms with E-state index in [4.69, 9.17) is 0 Å². The normalized spacial score (nSPS) is 11.1. The van der Waals surface area contributed by atoms with Gasteiger partial charge in [0.05, 0.1) is 0 Å². The lowest BCUT2D eigenvalue weighted by atomic mass is 10.1. The van der Waals surface area contributed by atoms with Crippen molar-refractivity contribution >= 4 is 11.6 Å². The van der Waals surface area contributed by atoms with Crippen LogP contribution in [0, 0.1) is 5.82 Å². The zero-order chi connectivity index (χ0) is 16.2. The van der Waals surface area contributed by atoms with Gasteiger partial charge in [-0.2, -0.15) is 0 Å². The van der Waals surface area contributed by atoms with Crippen LogP contribution in [0.1, 0.15) is 36.8 Å². The Bertz CT molecular complexity index is 665. The fourth-order valence-corrected chi connectivity index (χ4v) is 1.97. The first kappa shape index (κ1) is 15.9. The van der Waals surface area contributed by atoms with Crippen LogP contribution in [0.2, 0.25) is 0 Å². The van der Waals surface area contributed by atoms with Gasteiger partial charge >= 0.3 is 0 Å². The molecule has 0 aliphatic heterocycles. The van der Waals surface area contributed by atoms with Crippen LogP contribution < -0.4 is 10.6 Å². The van der Waals surface area contributed by atoms with Crippen LogP contribution in [0.15, 0.2) is 42.6 Å². The number of hydrogen-bond donors (Lipinski definition) is 2. The number of hydrogen-bond acceptors (Lipinski definition) is 3. The van der Waals surface area contributed by atoms with Gasteiger partial charge in [-0.05, 0) is 39.0 Å². The smallest absolute Gasteiger partial charge is 0.270 e. The second-order valence-electron chi connectivity index (χ2n) is 6.08. The van der Waals surface area contributed by atoms with Gasteiger partial charge in [0.1, 0.15) is 11.5 Å². The summed E-state index contributed by atoms with van der Waals surface area (Å²) in [6, 6.07) is 9.84. The molecule has 22 heavy (non-hydrogen) atoms. The van der Waals surface area contributed by atoms with Gasteiger partial charge < -0.3 is 10.6 Å².